The molecule has 3 heterocycles. The fourth-order valence-corrected chi connectivity index (χ4v) is 5.73. The largest absolute Gasteiger partial charge is 0.393 e. The van der Waals surface area contributed by atoms with E-state index in [0.717, 1.165) is 6.07 Å². The van der Waals surface area contributed by atoms with Crippen LogP contribution in [0.5, 0.6) is 0 Å². The lowest BCUT2D eigenvalue weighted by Gasteiger charge is -2.41. The second-order valence-electron chi connectivity index (χ2n) is 10.4. The van der Waals surface area contributed by atoms with Gasteiger partial charge in [0.05, 0.1) is 41.8 Å². The van der Waals surface area contributed by atoms with Gasteiger partial charge in [0.1, 0.15) is 23.4 Å². The number of ether oxygens (including phenoxy) is 1. The summed E-state index contributed by atoms with van der Waals surface area (Å²) in [6, 6.07) is 10.9. The number of nitriles is 1. The predicted octanol–water partition coefficient (Wildman–Crippen LogP) is 3.89. The van der Waals surface area contributed by atoms with E-state index in [9.17, 15) is 20.0 Å². The van der Waals surface area contributed by atoms with Crippen LogP contribution in [-0.2, 0) is 24.1 Å². The maximum absolute atomic E-state index is 16.4. The predicted molar refractivity (Wildman–Crippen MR) is 147 cm³/mol. The number of aliphatic hydroxyl groups excluding tert-OH is 1. The number of benzene rings is 2. The fraction of sp³-hybridized carbons (Fsp3) is 0.267. The van der Waals surface area contributed by atoms with Gasteiger partial charge in [-0.15, -0.1) is 0 Å². The van der Waals surface area contributed by atoms with Gasteiger partial charge in [-0.25, -0.2) is 19.3 Å². The molecule has 12 heteroatoms. The van der Waals surface area contributed by atoms with Crippen LogP contribution in [0.2, 0.25) is 5.02 Å². The molecule has 2 aliphatic rings. The summed E-state index contributed by atoms with van der Waals surface area (Å²) in [5, 5.41) is 19.9. The Balaban J connectivity index is 1.55. The number of ketones is 1. The zero-order valence-corrected chi connectivity index (χ0v) is 23.1. The second kappa shape index (κ2) is 10.7. The van der Waals surface area contributed by atoms with Gasteiger partial charge in [-0.3, -0.25) is 14.5 Å². The first-order chi connectivity index (χ1) is 20.2. The van der Waals surface area contributed by atoms with Gasteiger partial charge in [0, 0.05) is 41.8 Å². The summed E-state index contributed by atoms with van der Waals surface area (Å²) >= 11 is 6.20. The topological polar surface area (TPSA) is 134 Å². The third kappa shape index (κ3) is 4.73. The highest BCUT2D eigenvalue weighted by atomic mass is 35.5. The van der Waals surface area contributed by atoms with Crippen molar-refractivity contribution in [2.45, 2.75) is 43.7 Å². The minimum absolute atomic E-state index is 0.0453. The third-order valence-corrected chi connectivity index (χ3v) is 7.80. The summed E-state index contributed by atoms with van der Waals surface area (Å²) in [4.78, 5) is 41.4. The molecule has 10 nitrogen and oxygen atoms in total. The van der Waals surface area contributed by atoms with Crippen molar-refractivity contribution < 1.29 is 23.8 Å². The lowest BCUT2D eigenvalue weighted by Crippen LogP contribution is -2.48. The Morgan fingerprint density at radius 2 is 1.95 bits per heavy atom. The number of aryl methyl sites for hydroxylation is 1. The summed E-state index contributed by atoms with van der Waals surface area (Å²) in [6.45, 7) is -0.208. The first-order valence-corrected chi connectivity index (χ1v) is 13.6. The molecular formula is C30H24ClFN6O4. The normalized spacial score (nSPS) is 21.4. The lowest BCUT2D eigenvalue weighted by atomic mass is 9.90. The molecule has 3 atom stereocenters. The molecule has 212 valence electrons. The van der Waals surface area contributed by atoms with E-state index in [-0.39, 0.29) is 46.7 Å². The Bertz CT molecular complexity index is 1740. The number of hydrogen-bond donors (Lipinski definition) is 1. The summed E-state index contributed by atoms with van der Waals surface area (Å²) in [7, 11) is 1.71. The first-order valence-electron chi connectivity index (χ1n) is 13.2. The number of hydrogen-bond acceptors (Lipinski definition) is 8. The van der Waals surface area contributed by atoms with Gasteiger partial charge in [0.15, 0.2) is 0 Å². The Morgan fingerprint density at radius 3 is 2.57 bits per heavy atom. The smallest absolute Gasteiger partial charge is 0.257 e. The molecule has 6 rings (SSSR count). The molecule has 42 heavy (non-hydrogen) atoms. The number of aromatic nitrogens is 4. The van der Waals surface area contributed by atoms with E-state index in [4.69, 9.17) is 16.3 Å². The Kier molecular flexibility index (Phi) is 7.06. The van der Waals surface area contributed by atoms with Gasteiger partial charge in [-0.1, -0.05) is 23.7 Å². The zero-order valence-electron chi connectivity index (χ0n) is 22.4. The number of nitrogens with zero attached hydrogens (tertiary/aromatic N) is 6. The number of amides is 1. The van der Waals surface area contributed by atoms with Crippen LogP contribution < -0.4 is 0 Å². The quantitative estimate of drug-likeness (QED) is 0.322. The number of carbonyl (C=O) groups is 2. The van der Waals surface area contributed by atoms with Crippen LogP contribution in [0.25, 0.3) is 0 Å². The summed E-state index contributed by atoms with van der Waals surface area (Å²) in [6.07, 6.45) is 5.77. The van der Waals surface area contributed by atoms with Gasteiger partial charge in [-0.05, 0) is 43.5 Å². The van der Waals surface area contributed by atoms with Crippen molar-refractivity contribution in [2.24, 2.45) is 7.05 Å². The van der Waals surface area contributed by atoms with Crippen LogP contribution >= 0.6 is 11.6 Å². The minimum Gasteiger partial charge on any atom is -0.393 e. The van der Waals surface area contributed by atoms with Gasteiger partial charge < -0.3 is 14.4 Å². The molecule has 2 aromatic carbocycles. The van der Waals surface area contributed by atoms with Crippen molar-refractivity contribution in [3.05, 3.63) is 111 Å². The molecule has 1 aliphatic carbocycles. The molecule has 0 radical (unpaired) electrons. The number of rotatable bonds is 7. The molecule has 2 unspecified atom stereocenters. The van der Waals surface area contributed by atoms with Crippen molar-refractivity contribution in [3.8, 4) is 6.07 Å². The average Bonchev–Trinajstić information content (AvgIpc) is 3.67. The molecule has 1 fully saturated rings. The van der Waals surface area contributed by atoms with E-state index in [2.05, 4.69) is 15.0 Å². The highest BCUT2D eigenvalue weighted by Gasteiger charge is 2.56. The highest BCUT2D eigenvalue weighted by molar-refractivity contribution is 6.30. The van der Waals surface area contributed by atoms with Crippen LogP contribution in [0.1, 0.15) is 68.2 Å². The van der Waals surface area contributed by atoms with E-state index in [0.29, 0.717) is 23.4 Å². The maximum atomic E-state index is 16.4. The average molecular weight is 587 g/mol. The summed E-state index contributed by atoms with van der Waals surface area (Å²) < 4.78 is 24.7. The number of aliphatic hydroxyl groups is 1. The first kappa shape index (κ1) is 27.7. The number of carbonyl (C=O) groups excluding carboxylic acids is 2. The summed E-state index contributed by atoms with van der Waals surface area (Å²) in [5.41, 5.74) is -1.23. The van der Waals surface area contributed by atoms with Gasteiger partial charge in [0.2, 0.25) is 11.5 Å². The molecular weight excluding hydrogens is 563 g/mol. The van der Waals surface area contributed by atoms with Crippen LogP contribution in [0.15, 0.2) is 61.3 Å². The molecule has 0 saturated heterocycles. The van der Waals surface area contributed by atoms with Gasteiger partial charge in [-0.2, -0.15) is 5.26 Å². The Hall–Kier alpha value is -4.50. The molecule has 1 N–H and O–H groups in total. The second-order valence-corrected chi connectivity index (χ2v) is 10.8. The van der Waals surface area contributed by atoms with Crippen molar-refractivity contribution in [1.29, 1.82) is 5.26 Å². The Labute approximate surface area is 245 Å². The van der Waals surface area contributed by atoms with Gasteiger partial charge in [0.25, 0.3) is 5.91 Å². The number of imidazole rings is 1. The van der Waals surface area contributed by atoms with Crippen LogP contribution in [0, 0.1) is 17.1 Å². The molecule has 1 saturated carbocycles. The van der Waals surface area contributed by atoms with Crippen molar-refractivity contribution in [1.82, 2.24) is 24.4 Å². The zero-order chi connectivity index (χ0) is 29.6. The number of halogens is 2. The van der Waals surface area contributed by atoms with E-state index in [1.54, 1.807) is 35.9 Å². The van der Waals surface area contributed by atoms with E-state index in [1.807, 2.05) is 6.07 Å². The van der Waals surface area contributed by atoms with Crippen molar-refractivity contribution >= 4 is 23.3 Å². The monoisotopic (exact) mass is 586 g/mol. The van der Waals surface area contributed by atoms with E-state index in [1.165, 1.54) is 35.9 Å². The third-order valence-electron chi connectivity index (χ3n) is 7.55. The van der Waals surface area contributed by atoms with Gasteiger partial charge >= 0.3 is 0 Å². The van der Waals surface area contributed by atoms with Crippen molar-refractivity contribution in [2.75, 3.05) is 0 Å². The molecule has 1 amide bonds. The molecule has 4 aromatic rings. The maximum Gasteiger partial charge on any atom is 0.257 e. The number of fused-ring (bicyclic) bond motifs is 1. The molecule has 0 bridgehead atoms. The van der Waals surface area contributed by atoms with E-state index >= 15 is 4.39 Å². The SMILES string of the molecule is Cn1cnc(C(=O)c2cc(F)c3c(c2)C(=O)N(Cc2ncc(C#N)cn2)[C@@]3(OC2CCC(O)C2)c2ccc(Cl)cc2)c1. The van der Waals surface area contributed by atoms with Crippen LogP contribution in [0.3, 0.4) is 0 Å². The molecule has 2 aromatic heterocycles. The molecule has 0 spiro atoms. The molecule has 1 aliphatic heterocycles. The lowest BCUT2D eigenvalue weighted by molar-refractivity contribution is -0.149. The summed E-state index contributed by atoms with van der Waals surface area (Å²) in [5.74, 6) is -1.79. The highest BCUT2D eigenvalue weighted by Crippen LogP contribution is 2.49. The standard InChI is InChI=1S/C30H24ClFN6O4/c1-37-14-25(36-16-37)28(40)18-8-23-27(24(32)9-18)30(19-2-4-20(31)5-3-19,42-22-7-6-21(39)10-22)38(29(23)41)15-26-34-12-17(11-33)13-35-26/h2-5,8-9,12-14,16,21-22,39H,6-7,10,15H2,1H3/t21?,22?,30-/m1/s1. The fourth-order valence-electron chi connectivity index (χ4n) is 5.60. The Morgan fingerprint density at radius 1 is 1.21 bits per heavy atom. The van der Waals surface area contributed by atoms with Crippen LogP contribution in [-0.4, -0.2) is 53.4 Å². The van der Waals surface area contributed by atoms with Crippen molar-refractivity contribution in [3.63, 3.8) is 0 Å². The minimum atomic E-state index is -1.81. The van der Waals surface area contributed by atoms with E-state index < -0.39 is 35.4 Å². The van der Waals surface area contributed by atoms with Crippen LogP contribution in [0.4, 0.5) is 4.39 Å².